The number of rotatable bonds is 1. The molecular weight excluding hydrogens is 330 g/mol. The van der Waals surface area contributed by atoms with E-state index in [9.17, 15) is 0 Å². The Morgan fingerprint density at radius 1 is 1.20 bits per heavy atom. The molecule has 1 aliphatic rings. The highest BCUT2D eigenvalue weighted by molar-refractivity contribution is 9.10. The fraction of sp³-hybridized carbons (Fsp3) is 0.0588. The van der Waals surface area contributed by atoms with Crippen molar-refractivity contribution < 1.29 is 0 Å². The van der Waals surface area contributed by atoms with Gasteiger partial charge in [-0.2, -0.15) is 0 Å². The van der Waals surface area contributed by atoms with Crippen LogP contribution in [0.4, 0.5) is 0 Å². The molecule has 3 rings (SSSR count). The predicted octanol–water partition coefficient (Wildman–Crippen LogP) is 5.69. The number of allylic oxidation sites excluding steroid dienone is 5. The summed E-state index contributed by atoms with van der Waals surface area (Å²) in [4.78, 5) is 4.71. The number of H-pyrrole nitrogens is 1. The summed E-state index contributed by atoms with van der Waals surface area (Å²) in [6.45, 7) is 4.07. The van der Waals surface area contributed by atoms with Crippen molar-refractivity contribution in [3.8, 4) is 0 Å². The summed E-state index contributed by atoms with van der Waals surface area (Å²) in [5, 5.41) is 1.22. The van der Waals surface area contributed by atoms with Crippen LogP contribution in [0.15, 0.2) is 71.3 Å². The highest BCUT2D eigenvalue weighted by atomic mass is 79.9. The Kier molecular flexibility index (Phi) is 3.99. The molecule has 1 aromatic carbocycles. The maximum Gasteiger partial charge on any atom is 0.0529 e. The van der Waals surface area contributed by atoms with Crippen molar-refractivity contribution in [2.45, 2.75) is 0 Å². The minimum atomic E-state index is 0.961. The van der Waals surface area contributed by atoms with E-state index in [0.717, 1.165) is 27.0 Å². The van der Waals surface area contributed by atoms with Crippen LogP contribution in [0.5, 0.6) is 0 Å². The standard InChI is InChI=1S/C17H14BrNS/c1-12-5-3-2-4-8-20-17(9-12)16-10-13-6-7-14(18)11-15(13)19-16/h2-7,9-11,19H,1,8H2/b4-2-,5-3-,17-9-. The van der Waals surface area contributed by atoms with Crippen molar-refractivity contribution >= 4 is 43.5 Å². The maximum atomic E-state index is 4.07. The van der Waals surface area contributed by atoms with E-state index in [4.69, 9.17) is 0 Å². The van der Waals surface area contributed by atoms with Gasteiger partial charge in [0.2, 0.25) is 0 Å². The van der Waals surface area contributed by atoms with Crippen molar-refractivity contribution in [1.29, 1.82) is 0 Å². The second kappa shape index (κ2) is 5.90. The molecule has 20 heavy (non-hydrogen) atoms. The number of hydrogen-bond donors (Lipinski definition) is 1. The minimum absolute atomic E-state index is 0.961. The molecule has 1 aromatic heterocycles. The van der Waals surface area contributed by atoms with E-state index < -0.39 is 0 Å². The molecular formula is C17H14BrNS. The van der Waals surface area contributed by atoms with Crippen molar-refractivity contribution in [1.82, 2.24) is 4.98 Å². The van der Waals surface area contributed by atoms with Gasteiger partial charge >= 0.3 is 0 Å². The maximum absolute atomic E-state index is 4.07. The van der Waals surface area contributed by atoms with Crippen LogP contribution in [0.1, 0.15) is 5.69 Å². The zero-order valence-electron chi connectivity index (χ0n) is 10.9. The number of thioether (sulfide) groups is 1. The van der Waals surface area contributed by atoms with E-state index in [1.807, 2.05) is 23.9 Å². The molecule has 0 unspecified atom stereocenters. The van der Waals surface area contributed by atoms with E-state index in [1.54, 1.807) is 0 Å². The number of benzene rings is 1. The fourth-order valence-corrected chi connectivity index (χ4v) is 3.34. The molecule has 0 fully saturated rings. The normalized spacial score (nSPS) is 21.6. The average molecular weight is 344 g/mol. The van der Waals surface area contributed by atoms with Crippen LogP contribution in [0, 0.1) is 0 Å². The van der Waals surface area contributed by atoms with Crippen LogP contribution in [0.25, 0.3) is 15.8 Å². The quantitative estimate of drug-likeness (QED) is 0.703. The highest BCUT2D eigenvalue weighted by Gasteiger charge is 2.07. The zero-order valence-corrected chi connectivity index (χ0v) is 13.3. The van der Waals surface area contributed by atoms with Crippen molar-refractivity contribution in [3.05, 3.63) is 77.0 Å². The molecule has 0 aliphatic carbocycles. The first-order chi connectivity index (χ1) is 9.72. The van der Waals surface area contributed by atoms with E-state index in [-0.39, 0.29) is 0 Å². The van der Waals surface area contributed by atoms with Crippen LogP contribution in [-0.4, -0.2) is 10.7 Å². The Morgan fingerprint density at radius 3 is 3.00 bits per heavy atom. The molecule has 0 amide bonds. The molecule has 0 spiro atoms. The minimum Gasteiger partial charge on any atom is -0.354 e. The number of aromatic nitrogens is 1. The van der Waals surface area contributed by atoms with Crippen molar-refractivity contribution in [2.24, 2.45) is 0 Å². The Bertz CT molecular complexity index is 749. The third-order valence-electron chi connectivity index (χ3n) is 3.06. The molecule has 3 heteroatoms. The van der Waals surface area contributed by atoms with Gasteiger partial charge in [-0.05, 0) is 29.8 Å². The van der Waals surface area contributed by atoms with Gasteiger partial charge in [-0.25, -0.2) is 0 Å². The third kappa shape index (κ3) is 3.00. The summed E-state index contributed by atoms with van der Waals surface area (Å²) in [6.07, 6.45) is 10.4. The zero-order chi connectivity index (χ0) is 13.9. The molecule has 0 saturated carbocycles. The number of aromatic amines is 1. The van der Waals surface area contributed by atoms with Crippen molar-refractivity contribution in [2.75, 3.05) is 5.75 Å². The third-order valence-corrected chi connectivity index (χ3v) is 4.56. The molecule has 1 nitrogen and oxygen atoms in total. The molecule has 2 aromatic rings. The molecule has 1 aliphatic heterocycles. The van der Waals surface area contributed by atoms with Gasteiger partial charge in [0.25, 0.3) is 0 Å². The Labute approximate surface area is 131 Å². The second-order valence-corrected chi connectivity index (χ2v) is 6.57. The van der Waals surface area contributed by atoms with Gasteiger partial charge in [0.15, 0.2) is 0 Å². The smallest absolute Gasteiger partial charge is 0.0529 e. The molecule has 1 N–H and O–H groups in total. The summed E-state index contributed by atoms with van der Waals surface area (Å²) in [5.41, 5.74) is 3.30. The van der Waals surface area contributed by atoms with Crippen molar-refractivity contribution in [3.63, 3.8) is 0 Å². The van der Waals surface area contributed by atoms with E-state index in [2.05, 4.69) is 70.0 Å². The molecule has 0 bridgehead atoms. The van der Waals surface area contributed by atoms with Gasteiger partial charge in [-0.15, -0.1) is 11.8 Å². The van der Waals surface area contributed by atoms with Crippen LogP contribution >= 0.6 is 27.7 Å². The Morgan fingerprint density at radius 2 is 2.10 bits per heavy atom. The van der Waals surface area contributed by atoms with Gasteiger partial charge in [-0.1, -0.05) is 52.9 Å². The van der Waals surface area contributed by atoms with Crippen LogP contribution in [0.3, 0.4) is 0 Å². The van der Waals surface area contributed by atoms with E-state index in [0.29, 0.717) is 0 Å². The van der Waals surface area contributed by atoms with Crippen LogP contribution in [0.2, 0.25) is 0 Å². The van der Waals surface area contributed by atoms with Gasteiger partial charge in [0, 0.05) is 26.0 Å². The fourth-order valence-electron chi connectivity index (χ4n) is 2.10. The molecule has 100 valence electrons. The highest BCUT2D eigenvalue weighted by Crippen LogP contribution is 2.32. The average Bonchev–Trinajstić information content (AvgIpc) is 2.86. The van der Waals surface area contributed by atoms with Gasteiger partial charge in [0.05, 0.1) is 5.69 Å². The largest absolute Gasteiger partial charge is 0.354 e. The molecule has 0 radical (unpaired) electrons. The first kappa shape index (κ1) is 13.5. The van der Waals surface area contributed by atoms with Gasteiger partial charge in [0.1, 0.15) is 0 Å². The van der Waals surface area contributed by atoms with Gasteiger partial charge < -0.3 is 4.98 Å². The van der Waals surface area contributed by atoms with E-state index >= 15 is 0 Å². The topological polar surface area (TPSA) is 15.8 Å². The summed E-state index contributed by atoms with van der Waals surface area (Å²) < 4.78 is 1.09. The number of fused-ring (bicyclic) bond motifs is 1. The summed E-state index contributed by atoms with van der Waals surface area (Å²) in [6, 6.07) is 8.48. The number of halogens is 1. The lowest BCUT2D eigenvalue weighted by molar-refractivity contribution is 1.42. The number of hydrogen-bond acceptors (Lipinski definition) is 1. The summed E-state index contributed by atoms with van der Waals surface area (Å²) in [7, 11) is 0. The van der Waals surface area contributed by atoms with Crippen LogP contribution in [-0.2, 0) is 0 Å². The SMILES string of the molecule is C=C1/C=C\C=C/CS/C(c2cc3ccc(Br)cc3[nH]2)=C\1. The Balaban J connectivity index is 2.03. The lowest BCUT2D eigenvalue weighted by Crippen LogP contribution is -1.82. The summed E-state index contributed by atoms with van der Waals surface area (Å²) in [5.74, 6) is 0.961. The lowest BCUT2D eigenvalue weighted by Gasteiger charge is -2.03. The first-order valence-electron chi connectivity index (χ1n) is 6.37. The molecule has 0 atom stereocenters. The summed E-state index contributed by atoms with van der Waals surface area (Å²) >= 11 is 5.33. The van der Waals surface area contributed by atoms with Gasteiger partial charge in [-0.3, -0.25) is 0 Å². The lowest BCUT2D eigenvalue weighted by atomic mass is 10.2. The molecule has 0 saturated heterocycles. The van der Waals surface area contributed by atoms with E-state index in [1.165, 1.54) is 10.3 Å². The Hall–Kier alpha value is -1.45. The number of nitrogens with one attached hydrogen (secondary N) is 1. The molecule has 2 heterocycles. The first-order valence-corrected chi connectivity index (χ1v) is 8.15. The predicted molar refractivity (Wildman–Crippen MR) is 93.9 cm³/mol. The second-order valence-electron chi connectivity index (χ2n) is 4.60. The van der Waals surface area contributed by atoms with Crippen LogP contribution < -0.4 is 0 Å². The monoisotopic (exact) mass is 343 g/mol.